The Kier molecular flexibility index (Phi) is 8.07. The van der Waals surface area contributed by atoms with Crippen LogP contribution in [0.2, 0.25) is 0 Å². The van der Waals surface area contributed by atoms with Crippen molar-refractivity contribution in [3.05, 3.63) is 35.9 Å². The van der Waals surface area contributed by atoms with E-state index in [1.54, 1.807) is 20.8 Å². The molecule has 0 aromatic heterocycles. The van der Waals surface area contributed by atoms with E-state index in [2.05, 4.69) is 5.32 Å². The van der Waals surface area contributed by atoms with Crippen molar-refractivity contribution in [3.8, 4) is 0 Å². The van der Waals surface area contributed by atoms with Crippen molar-refractivity contribution < 1.29 is 27.6 Å². The summed E-state index contributed by atoms with van der Waals surface area (Å²) >= 11 is 0. The molecule has 0 aliphatic rings. The zero-order valence-electron chi connectivity index (χ0n) is 13.1. The van der Waals surface area contributed by atoms with Gasteiger partial charge in [0.15, 0.2) is 0 Å². The van der Waals surface area contributed by atoms with Gasteiger partial charge in [0.2, 0.25) is 0 Å². The Balaban J connectivity index is 0.000000763. The minimum Gasteiger partial charge on any atom is -0.444 e. The molecule has 22 heavy (non-hydrogen) atoms. The fraction of sp³-hybridized carbons (Fsp3) is 0.500. The molecule has 0 aliphatic carbocycles. The molecule has 0 bridgehead atoms. The number of carbonyl (C=O) groups excluding carboxylic acids is 1. The Bertz CT molecular complexity index is 542. The van der Waals surface area contributed by atoms with Crippen LogP contribution in [0.4, 0.5) is 4.79 Å². The SMILES string of the molecule is CC(C)(C)OC(=O)N[C@H](CO)c1ccccc1.CS(=O)(=O)O. The van der Waals surface area contributed by atoms with Gasteiger partial charge in [0.25, 0.3) is 10.1 Å². The number of nitrogens with one attached hydrogen (secondary N) is 1. The van der Waals surface area contributed by atoms with Crippen molar-refractivity contribution >= 4 is 16.2 Å². The number of benzene rings is 1. The van der Waals surface area contributed by atoms with E-state index in [0.717, 1.165) is 5.56 Å². The molecule has 0 saturated carbocycles. The maximum Gasteiger partial charge on any atom is 0.408 e. The summed E-state index contributed by atoms with van der Waals surface area (Å²) in [7, 11) is -3.67. The van der Waals surface area contributed by atoms with Crippen LogP contribution in [-0.2, 0) is 14.9 Å². The topological polar surface area (TPSA) is 113 Å². The van der Waals surface area contributed by atoms with Crippen LogP contribution in [0.25, 0.3) is 0 Å². The number of rotatable bonds is 3. The third kappa shape index (κ3) is 12.1. The number of hydrogen-bond donors (Lipinski definition) is 3. The fourth-order valence-electron chi connectivity index (χ4n) is 1.37. The normalized spacial score (nSPS) is 12.6. The number of ether oxygens (including phenoxy) is 1. The highest BCUT2D eigenvalue weighted by Gasteiger charge is 2.19. The zero-order chi connectivity index (χ0) is 17.4. The van der Waals surface area contributed by atoms with Crippen LogP contribution in [0.3, 0.4) is 0 Å². The van der Waals surface area contributed by atoms with Crippen LogP contribution in [0.5, 0.6) is 0 Å². The average molecular weight is 333 g/mol. The Morgan fingerprint density at radius 2 is 1.73 bits per heavy atom. The molecular weight excluding hydrogens is 310 g/mol. The molecule has 1 atom stereocenters. The van der Waals surface area contributed by atoms with Gasteiger partial charge in [0.05, 0.1) is 18.9 Å². The first-order valence-corrected chi connectivity index (χ1v) is 8.35. The molecule has 3 N–H and O–H groups in total. The standard InChI is InChI=1S/C13H19NO3.CH4O3S/c1-13(2,3)17-12(16)14-11(9-15)10-7-5-4-6-8-10;1-5(2,3)4/h4-8,11,15H,9H2,1-3H3,(H,14,16);1H3,(H,2,3,4)/t11-;/m1./s1. The average Bonchev–Trinajstić information content (AvgIpc) is 2.33. The second kappa shape index (κ2) is 8.72. The summed E-state index contributed by atoms with van der Waals surface area (Å²) in [6, 6.07) is 8.84. The quantitative estimate of drug-likeness (QED) is 0.726. The molecule has 7 nitrogen and oxygen atoms in total. The predicted molar refractivity (Wildman–Crippen MR) is 83.1 cm³/mol. The highest BCUT2D eigenvalue weighted by Crippen LogP contribution is 2.13. The maximum atomic E-state index is 11.6. The lowest BCUT2D eigenvalue weighted by Gasteiger charge is -2.22. The molecule has 1 aromatic rings. The lowest BCUT2D eigenvalue weighted by atomic mass is 10.1. The highest BCUT2D eigenvalue weighted by molar-refractivity contribution is 7.85. The number of carbonyl (C=O) groups is 1. The largest absolute Gasteiger partial charge is 0.444 e. The summed E-state index contributed by atoms with van der Waals surface area (Å²) in [5.74, 6) is 0. The first-order valence-electron chi connectivity index (χ1n) is 6.50. The van der Waals surface area contributed by atoms with Gasteiger partial charge in [-0.05, 0) is 26.3 Å². The van der Waals surface area contributed by atoms with E-state index >= 15 is 0 Å². The Hall–Kier alpha value is -1.64. The third-order valence-corrected chi connectivity index (χ3v) is 2.08. The van der Waals surface area contributed by atoms with E-state index in [0.29, 0.717) is 6.26 Å². The van der Waals surface area contributed by atoms with Crippen LogP contribution < -0.4 is 5.32 Å². The van der Waals surface area contributed by atoms with Gasteiger partial charge in [-0.3, -0.25) is 4.55 Å². The first-order chi connectivity index (χ1) is 9.92. The molecule has 0 saturated heterocycles. The summed E-state index contributed by atoms with van der Waals surface area (Å²) in [5.41, 5.74) is 0.307. The monoisotopic (exact) mass is 333 g/mol. The molecule has 126 valence electrons. The van der Waals surface area contributed by atoms with Crippen molar-refractivity contribution in [1.82, 2.24) is 5.32 Å². The first kappa shape index (κ1) is 20.4. The molecule has 0 unspecified atom stereocenters. The Morgan fingerprint density at radius 1 is 1.27 bits per heavy atom. The summed E-state index contributed by atoms with van der Waals surface area (Å²) < 4.78 is 31.0. The van der Waals surface area contributed by atoms with E-state index in [4.69, 9.17) is 9.29 Å². The molecule has 8 heteroatoms. The van der Waals surface area contributed by atoms with Crippen LogP contribution in [0.15, 0.2) is 30.3 Å². The van der Waals surface area contributed by atoms with E-state index in [9.17, 15) is 18.3 Å². The minimum atomic E-state index is -3.67. The van der Waals surface area contributed by atoms with Crippen molar-refractivity contribution in [2.75, 3.05) is 12.9 Å². The van der Waals surface area contributed by atoms with Crippen molar-refractivity contribution in [1.29, 1.82) is 0 Å². The second-order valence-electron chi connectivity index (χ2n) is 5.53. The maximum absolute atomic E-state index is 11.6. The van der Waals surface area contributed by atoms with Gasteiger partial charge < -0.3 is 15.2 Å². The molecule has 0 fully saturated rings. The number of hydrogen-bond acceptors (Lipinski definition) is 5. The summed E-state index contributed by atoms with van der Waals surface area (Å²) in [6.07, 6.45) is 0.188. The number of aliphatic hydroxyl groups excluding tert-OH is 1. The number of alkyl carbamates (subject to hydrolysis) is 1. The lowest BCUT2D eigenvalue weighted by molar-refractivity contribution is 0.0482. The van der Waals surface area contributed by atoms with Crippen LogP contribution in [0.1, 0.15) is 32.4 Å². The number of aliphatic hydroxyl groups is 1. The summed E-state index contributed by atoms with van der Waals surface area (Å²) in [4.78, 5) is 11.6. The van der Waals surface area contributed by atoms with Crippen LogP contribution in [0, 0.1) is 0 Å². The van der Waals surface area contributed by atoms with Crippen molar-refractivity contribution in [2.24, 2.45) is 0 Å². The van der Waals surface area contributed by atoms with Gasteiger partial charge in [0.1, 0.15) is 5.60 Å². The van der Waals surface area contributed by atoms with E-state index in [-0.39, 0.29) is 6.61 Å². The van der Waals surface area contributed by atoms with Crippen LogP contribution >= 0.6 is 0 Å². The molecular formula is C14H23NO6S. The fourth-order valence-corrected chi connectivity index (χ4v) is 1.37. The summed E-state index contributed by atoms with van der Waals surface area (Å²) in [6.45, 7) is 5.22. The Labute approximate surface area is 131 Å². The molecule has 1 rings (SSSR count). The minimum absolute atomic E-state index is 0.163. The second-order valence-corrected chi connectivity index (χ2v) is 6.99. The van der Waals surface area contributed by atoms with Gasteiger partial charge in [-0.2, -0.15) is 8.42 Å². The smallest absolute Gasteiger partial charge is 0.408 e. The van der Waals surface area contributed by atoms with Gasteiger partial charge in [0, 0.05) is 0 Å². The Morgan fingerprint density at radius 3 is 2.09 bits per heavy atom. The van der Waals surface area contributed by atoms with Crippen molar-refractivity contribution in [2.45, 2.75) is 32.4 Å². The van der Waals surface area contributed by atoms with Crippen molar-refractivity contribution in [3.63, 3.8) is 0 Å². The number of amides is 1. The molecule has 0 radical (unpaired) electrons. The third-order valence-electron chi connectivity index (χ3n) is 2.08. The molecule has 0 heterocycles. The highest BCUT2D eigenvalue weighted by atomic mass is 32.2. The lowest BCUT2D eigenvalue weighted by Crippen LogP contribution is -2.36. The molecule has 1 aromatic carbocycles. The van der Waals surface area contributed by atoms with E-state index < -0.39 is 27.9 Å². The predicted octanol–water partition coefficient (Wildman–Crippen LogP) is 1.75. The van der Waals surface area contributed by atoms with Gasteiger partial charge in [-0.1, -0.05) is 30.3 Å². The molecule has 1 amide bonds. The van der Waals surface area contributed by atoms with Gasteiger partial charge in [-0.15, -0.1) is 0 Å². The van der Waals surface area contributed by atoms with Crippen LogP contribution in [-0.4, -0.2) is 42.6 Å². The van der Waals surface area contributed by atoms with Gasteiger partial charge in [-0.25, -0.2) is 4.79 Å². The summed E-state index contributed by atoms with van der Waals surface area (Å²) in [5, 5.41) is 11.9. The zero-order valence-corrected chi connectivity index (χ0v) is 13.9. The molecule has 0 spiro atoms. The van der Waals surface area contributed by atoms with E-state index in [1.165, 1.54) is 0 Å². The van der Waals surface area contributed by atoms with Gasteiger partial charge >= 0.3 is 6.09 Å². The molecule has 0 aliphatic heterocycles. The van der Waals surface area contributed by atoms with E-state index in [1.807, 2.05) is 30.3 Å².